The monoisotopic (exact) mass is 717 g/mol. The first kappa shape index (κ1) is 37.5. The topological polar surface area (TPSA) is 152 Å². The van der Waals surface area contributed by atoms with Crippen molar-refractivity contribution in [2.24, 2.45) is 0 Å². The van der Waals surface area contributed by atoms with E-state index in [-0.39, 0.29) is 36.6 Å². The minimum atomic E-state index is -4.25. The molecule has 0 radical (unpaired) electrons. The Labute approximate surface area is 260 Å². The Morgan fingerprint density at radius 2 is 0.881 bits per heavy atom. The lowest BCUT2D eigenvalue weighted by molar-refractivity contribution is -0.273. The Morgan fingerprint density at radius 1 is 0.405 bits per heavy atom. The summed E-state index contributed by atoms with van der Waals surface area (Å²) in [7, 11) is -27.9. The van der Waals surface area contributed by atoms with Crippen LogP contribution in [0.2, 0.25) is 42.3 Å². The Hall–Kier alpha value is 1.04. The van der Waals surface area contributed by atoms with Gasteiger partial charge in [-0.25, -0.2) is 0 Å². The maximum absolute atomic E-state index is 14.7. The van der Waals surface area contributed by atoms with Crippen molar-refractivity contribution in [2.75, 3.05) is 12.5 Å². The zero-order valence-electron chi connectivity index (χ0n) is 26.7. The minimum Gasteiger partial charge on any atom is -0.837 e. The van der Waals surface area contributed by atoms with Gasteiger partial charge in [0, 0.05) is 24.4 Å². The zero-order valence-corrected chi connectivity index (χ0v) is 33.7. The fourth-order valence-electron chi connectivity index (χ4n) is 5.90. The van der Waals surface area contributed by atoms with E-state index >= 15 is 0 Å². The van der Waals surface area contributed by atoms with E-state index in [1.54, 1.807) is 0 Å². The standard InChI is InChI=1S/C23H53O12Si7/c1-8-15-36(24)22-28-40(19-12-5)33-39(26,18-11-4)30-37(16-9-2)23-27-38(25,17-10-3)32-41(29-36,20-13-6)35-42(31-37,34-40)21-14-7/h8-23H2,1-7H3/q-3. The molecular weight excluding hydrogens is 665 g/mol. The van der Waals surface area contributed by atoms with Crippen LogP contribution in [0.5, 0.6) is 0 Å². The highest BCUT2D eigenvalue weighted by Gasteiger charge is 2.67. The maximum atomic E-state index is 14.7. The van der Waals surface area contributed by atoms with Crippen LogP contribution in [-0.4, -0.2) is 73.6 Å². The van der Waals surface area contributed by atoms with Crippen LogP contribution in [0.15, 0.2) is 0 Å². The summed E-state index contributed by atoms with van der Waals surface area (Å²) in [4.78, 5) is 43.9. The summed E-state index contributed by atoms with van der Waals surface area (Å²) in [6.45, 7) is 13.6. The molecule has 4 bridgehead atoms. The molecule has 3 saturated heterocycles. The summed E-state index contributed by atoms with van der Waals surface area (Å²) >= 11 is 0. The van der Waals surface area contributed by atoms with Gasteiger partial charge in [0.2, 0.25) is 17.6 Å². The maximum Gasteiger partial charge on any atom is 0.483 e. The Kier molecular flexibility index (Phi) is 13.7. The second kappa shape index (κ2) is 15.3. The third-order valence-electron chi connectivity index (χ3n) is 7.34. The second-order valence-electron chi connectivity index (χ2n) is 11.8. The van der Waals surface area contributed by atoms with Crippen LogP contribution in [0.25, 0.3) is 0 Å². The van der Waals surface area contributed by atoms with Gasteiger partial charge in [-0.15, -0.1) is 0 Å². The molecule has 3 aliphatic rings. The molecule has 0 spiro atoms. The van der Waals surface area contributed by atoms with E-state index in [0.29, 0.717) is 63.1 Å². The molecule has 0 amide bonds. The number of hydrogen-bond donors (Lipinski definition) is 0. The van der Waals surface area contributed by atoms with E-state index in [4.69, 9.17) is 37.7 Å². The summed E-state index contributed by atoms with van der Waals surface area (Å²) in [6, 6.07) is 1.84. The van der Waals surface area contributed by atoms with Crippen molar-refractivity contribution in [3.63, 3.8) is 0 Å². The normalized spacial score (nSPS) is 43.0. The average molecular weight is 718 g/mol. The number of rotatable bonds is 14. The van der Waals surface area contributed by atoms with E-state index in [2.05, 4.69) is 0 Å². The van der Waals surface area contributed by atoms with Gasteiger partial charge in [0.05, 0.1) is 6.23 Å². The van der Waals surface area contributed by atoms with Crippen molar-refractivity contribution in [3.05, 3.63) is 0 Å². The quantitative estimate of drug-likeness (QED) is 0.243. The molecule has 248 valence electrons. The van der Waals surface area contributed by atoms with Gasteiger partial charge in [0.15, 0.2) is 0 Å². The molecule has 7 unspecified atom stereocenters. The summed E-state index contributed by atoms with van der Waals surface area (Å²) in [5.41, 5.74) is 0. The predicted molar refractivity (Wildman–Crippen MR) is 165 cm³/mol. The molecule has 3 fully saturated rings. The van der Waals surface area contributed by atoms with Gasteiger partial charge in [-0.3, -0.25) is 0 Å². The molecule has 3 aliphatic heterocycles. The smallest absolute Gasteiger partial charge is 0.483 e. The molecule has 0 saturated carbocycles. The lowest BCUT2D eigenvalue weighted by atomic mass is 10.6. The molecule has 3 rings (SSSR count). The van der Waals surface area contributed by atoms with E-state index in [1.165, 1.54) is 0 Å². The van der Waals surface area contributed by atoms with Gasteiger partial charge in [0.1, 0.15) is 8.56 Å². The lowest BCUT2D eigenvalue weighted by Crippen LogP contribution is -2.77. The van der Waals surface area contributed by atoms with Crippen LogP contribution in [0, 0.1) is 0 Å². The zero-order chi connectivity index (χ0) is 31.2. The fraction of sp³-hybridized carbons (Fsp3) is 1.00. The summed E-state index contributed by atoms with van der Waals surface area (Å²) in [6.07, 6.45) is 3.58. The van der Waals surface area contributed by atoms with E-state index < -0.39 is 61.1 Å². The lowest BCUT2D eigenvalue weighted by Gasteiger charge is -2.54. The number of hydrogen-bond acceptors (Lipinski definition) is 12. The highest BCUT2D eigenvalue weighted by molar-refractivity contribution is 6.94. The second-order valence-corrected chi connectivity index (χ2v) is 32.6. The van der Waals surface area contributed by atoms with Gasteiger partial charge < -0.3 is 52.0 Å². The minimum absolute atomic E-state index is 0.135. The van der Waals surface area contributed by atoms with Crippen molar-refractivity contribution >= 4 is 61.1 Å². The largest absolute Gasteiger partial charge is 0.837 e. The molecule has 0 aliphatic carbocycles. The molecule has 0 N–H and O–H groups in total. The molecular formula is C23H53O12Si7-3. The van der Waals surface area contributed by atoms with Gasteiger partial charge in [-0.1, -0.05) is 93.4 Å². The molecule has 3 heterocycles. The Balaban J connectivity index is 2.40. The third kappa shape index (κ3) is 9.10. The third-order valence-corrected chi connectivity index (χ3v) is 36.5. The first-order chi connectivity index (χ1) is 19.8. The van der Waals surface area contributed by atoms with E-state index in [9.17, 15) is 14.4 Å². The number of fused-ring (bicyclic) bond motifs is 3. The highest BCUT2D eigenvalue weighted by Crippen LogP contribution is 2.43. The summed E-state index contributed by atoms with van der Waals surface area (Å²) in [5, 5.41) is 0. The van der Waals surface area contributed by atoms with Crippen LogP contribution in [0.4, 0.5) is 0 Å². The predicted octanol–water partition coefficient (Wildman–Crippen LogP) is 2.78. The SMILES string of the molecule is CCC[Si]1([O-])CO[Si]2(CCC)O[Si]([O-])(CCC)O[Si]3(CCC)CO[Si]([O-])(CCC)O[Si](CCC)(O1)O[Si](CCC)(O3)O2. The van der Waals surface area contributed by atoms with Crippen LogP contribution in [0.1, 0.15) is 93.4 Å². The summed E-state index contributed by atoms with van der Waals surface area (Å²) < 4.78 is 60.4. The average Bonchev–Trinajstić information content (AvgIpc) is 2.92. The van der Waals surface area contributed by atoms with Crippen LogP contribution < -0.4 is 14.4 Å². The van der Waals surface area contributed by atoms with Crippen molar-refractivity contribution in [1.29, 1.82) is 0 Å². The molecule has 0 aromatic heterocycles. The molecule has 7 atom stereocenters. The van der Waals surface area contributed by atoms with Crippen molar-refractivity contribution in [3.8, 4) is 0 Å². The Bertz CT molecular complexity index is 819. The van der Waals surface area contributed by atoms with E-state index in [0.717, 1.165) is 0 Å². The van der Waals surface area contributed by atoms with Crippen molar-refractivity contribution in [1.82, 2.24) is 0 Å². The van der Waals surface area contributed by atoms with Crippen molar-refractivity contribution < 1.29 is 52.0 Å². The molecule has 12 nitrogen and oxygen atoms in total. The summed E-state index contributed by atoms with van der Waals surface area (Å²) in [5.74, 6) is 0. The molecule has 0 aromatic rings. The van der Waals surface area contributed by atoms with Crippen LogP contribution >= 0.6 is 0 Å². The first-order valence-corrected chi connectivity index (χ1v) is 30.2. The van der Waals surface area contributed by atoms with Crippen LogP contribution in [-0.2, 0) is 37.7 Å². The molecule has 19 heteroatoms. The van der Waals surface area contributed by atoms with Crippen LogP contribution in [0.3, 0.4) is 0 Å². The van der Waals surface area contributed by atoms with Gasteiger partial charge >= 0.3 is 35.0 Å². The fourth-order valence-corrected chi connectivity index (χ4v) is 41.0. The van der Waals surface area contributed by atoms with Gasteiger partial charge in [0.25, 0.3) is 0 Å². The molecule has 0 aromatic carbocycles. The first-order valence-electron chi connectivity index (χ1n) is 16.1. The molecule has 42 heavy (non-hydrogen) atoms. The highest BCUT2D eigenvalue weighted by atomic mass is 28.6. The Morgan fingerprint density at radius 3 is 1.45 bits per heavy atom. The van der Waals surface area contributed by atoms with Crippen molar-refractivity contribution in [2.45, 2.75) is 136 Å². The van der Waals surface area contributed by atoms with Gasteiger partial charge in [-0.2, -0.15) is 0 Å². The van der Waals surface area contributed by atoms with Gasteiger partial charge in [-0.05, 0) is 24.2 Å². The van der Waals surface area contributed by atoms with E-state index in [1.807, 2.05) is 48.5 Å².